The van der Waals surface area contributed by atoms with Gasteiger partial charge in [0.25, 0.3) is 5.69 Å². The maximum atomic E-state index is 11.3. The van der Waals surface area contributed by atoms with Crippen molar-refractivity contribution >= 4 is 11.3 Å². The van der Waals surface area contributed by atoms with Gasteiger partial charge in [-0.15, -0.1) is 0 Å². The van der Waals surface area contributed by atoms with Gasteiger partial charge in [-0.3, -0.25) is 10.1 Å². The van der Waals surface area contributed by atoms with E-state index in [0.717, 1.165) is 12.0 Å². The highest BCUT2D eigenvalue weighted by molar-refractivity contribution is 5.72. The van der Waals surface area contributed by atoms with Crippen molar-refractivity contribution in [2.45, 2.75) is 99.3 Å². The zero-order chi connectivity index (χ0) is 28.9. The maximum absolute atomic E-state index is 11.3. The summed E-state index contributed by atoms with van der Waals surface area (Å²) in [5.74, 6) is 3.07. The van der Waals surface area contributed by atoms with Crippen molar-refractivity contribution in [3.05, 3.63) is 58.2 Å². The lowest BCUT2D eigenvalue weighted by molar-refractivity contribution is -0.384. The van der Waals surface area contributed by atoms with Crippen LogP contribution in [0.1, 0.15) is 105 Å². The maximum Gasteiger partial charge on any atom is 0.269 e. The van der Waals surface area contributed by atoms with E-state index in [9.17, 15) is 15.2 Å². The number of aliphatic hydroxyl groups excluding tert-OH is 1. The van der Waals surface area contributed by atoms with Crippen molar-refractivity contribution in [2.75, 3.05) is 6.61 Å². The SMILES string of the molecule is C=C(C)[C@@H]1CC[C@]2(CO)CC[C@]3(C)[C@H](CC[C@@H]4[C@@]5(C)CC=C(c6ccc([N+](=O)[O-])cc6)C(C)(C)[C@@H]5CC[C@]43C)[C@@H]12. The van der Waals surface area contributed by atoms with Crippen LogP contribution in [0.3, 0.4) is 0 Å². The van der Waals surface area contributed by atoms with E-state index in [1.807, 2.05) is 12.1 Å². The average molecular weight is 546 g/mol. The fourth-order valence-corrected chi connectivity index (χ4v) is 12.4. The van der Waals surface area contributed by atoms with Gasteiger partial charge in [0.05, 0.1) is 4.92 Å². The second-order valence-corrected chi connectivity index (χ2v) is 16.1. The highest BCUT2D eigenvalue weighted by Crippen LogP contribution is 2.77. The van der Waals surface area contributed by atoms with Crippen LogP contribution in [-0.4, -0.2) is 16.6 Å². The summed E-state index contributed by atoms with van der Waals surface area (Å²) in [6, 6.07) is 7.25. The Morgan fingerprint density at radius 2 is 1.65 bits per heavy atom. The fourth-order valence-electron chi connectivity index (χ4n) is 12.4. The van der Waals surface area contributed by atoms with Crippen LogP contribution < -0.4 is 0 Å². The summed E-state index contributed by atoms with van der Waals surface area (Å²) in [5.41, 5.74) is 4.95. The quantitative estimate of drug-likeness (QED) is 0.233. The van der Waals surface area contributed by atoms with Crippen LogP contribution in [0.2, 0.25) is 0 Å². The molecule has 1 N–H and O–H groups in total. The van der Waals surface area contributed by atoms with Gasteiger partial charge in [0, 0.05) is 18.7 Å². The Morgan fingerprint density at radius 1 is 0.950 bits per heavy atom. The van der Waals surface area contributed by atoms with Gasteiger partial charge in [-0.25, -0.2) is 0 Å². The molecule has 1 aromatic rings. The number of benzene rings is 1. The third-order valence-electron chi connectivity index (χ3n) is 14.5. The van der Waals surface area contributed by atoms with Crippen molar-refractivity contribution in [1.82, 2.24) is 0 Å². The number of aliphatic hydroxyl groups is 1. The van der Waals surface area contributed by atoms with Crippen LogP contribution >= 0.6 is 0 Å². The monoisotopic (exact) mass is 545 g/mol. The number of hydrogen-bond acceptors (Lipinski definition) is 3. The van der Waals surface area contributed by atoms with E-state index in [1.165, 1.54) is 62.5 Å². The molecule has 4 saturated carbocycles. The number of allylic oxidation sites excluding steroid dienone is 3. The molecule has 0 heterocycles. The van der Waals surface area contributed by atoms with Gasteiger partial charge in [0.15, 0.2) is 0 Å². The number of nitro groups is 1. The molecular weight excluding hydrogens is 494 g/mol. The fraction of sp³-hybridized carbons (Fsp3) is 0.722. The Labute approximate surface area is 241 Å². The van der Waals surface area contributed by atoms with Crippen LogP contribution in [0, 0.1) is 66.8 Å². The molecule has 0 unspecified atom stereocenters. The van der Waals surface area contributed by atoms with Crippen molar-refractivity contribution in [3.8, 4) is 0 Å². The van der Waals surface area contributed by atoms with E-state index in [1.54, 1.807) is 12.1 Å². The topological polar surface area (TPSA) is 63.4 Å². The normalized spacial score (nSPS) is 45.4. The Morgan fingerprint density at radius 3 is 2.27 bits per heavy atom. The molecule has 0 spiro atoms. The molecule has 0 aromatic heterocycles. The lowest BCUT2D eigenvalue weighted by Crippen LogP contribution is -2.65. The molecule has 218 valence electrons. The molecular formula is C36H51NO3. The molecule has 4 heteroatoms. The zero-order valence-electron chi connectivity index (χ0n) is 25.8. The molecule has 9 atom stereocenters. The summed E-state index contributed by atoms with van der Waals surface area (Å²) in [6.07, 6.45) is 13.5. The Balaban J connectivity index is 1.36. The summed E-state index contributed by atoms with van der Waals surface area (Å²) < 4.78 is 0. The molecule has 0 bridgehead atoms. The largest absolute Gasteiger partial charge is 0.396 e. The Kier molecular flexibility index (Phi) is 6.36. The molecule has 6 rings (SSSR count). The minimum Gasteiger partial charge on any atom is -0.396 e. The summed E-state index contributed by atoms with van der Waals surface area (Å²) in [5, 5.41) is 22.0. The van der Waals surface area contributed by atoms with E-state index >= 15 is 0 Å². The van der Waals surface area contributed by atoms with Gasteiger partial charge in [-0.2, -0.15) is 0 Å². The molecule has 0 aliphatic heterocycles. The molecule has 5 aliphatic rings. The highest BCUT2D eigenvalue weighted by atomic mass is 16.6. The third kappa shape index (κ3) is 3.53. The van der Waals surface area contributed by atoms with Gasteiger partial charge in [-0.05, 0) is 145 Å². The predicted octanol–water partition coefficient (Wildman–Crippen LogP) is 9.24. The third-order valence-corrected chi connectivity index (χ3v) is 14.5. The molecule has 40 heavy (non-hydrogen) atoms. The average Bonchev–Trinajstić information content (AvgIpc) is 3.29. The Bertz CT molecular complexity index is 1250. The lowest BCUT2D eigenvalue weighted by Gasteiger charge is -2.72. The van der Waals surface area contributed by atoms with E-state index in [0.29, 0.717) is 41.6 Å². The summed E-state index contributed by atoms with van der Waals surface area (Å²) in [4.78, 5) is 11.0. The molecule has 1 aromatic carbocycles. The van der Waals surface area contributed by atoms with Crippen LogP contribution in [-0.2, 0) is 0 Å². The first-order valence-corrected chi connectivity index (χ1v) is 16.0. The van der Waals surface area contributed by atoms with Crippen molar-refractivity contribution in [3.63, 3.8) is 0 Å². The summed E-state index contributed by atoms with van der Waals surface area (Å²) >= 11 is 0. The lowest BCUT2D eigenvalue weighted by atomic mass is 9.32. The van der Waals surface area contributed by atoms with E-state index in [4.69, 9.17) is 0 Å². The number of non-ortho nitro benzene ring substituents is 1. The van der Waals surface area contributed by atoms with Crippen LogP contribution in [0.5, 0.6) is 0 Å². The van der Waals surface area contributed by atoms with Gasteiger partial charge in [-0.1, -0.05) is 52.8 Å². The smallest absolute Gasteiger partial charge is 0.269 e. The van der Waals surface area contributed by atoms with Gasteiger partial charge in [0.2, 0.25) is 0 Å². The minimum absolute atomic E-state index is 0.0112. The van der Waals surface area contributed by atoms with Gasteiger partial charge in [0.1, 0.15) is 0 Å². The second kappa shape index (κ2) is 9.03. The summed E-state index contributed by atoms with van der Waals surface area (Å²) in [6.45, 7) is 19.9. The van der Waals surface area contributed by atoms with E-state index in [2.05, 4.69) is 54.2 Å². The van der Waals surface area contributed by atoms with Crippen LogP contribution in [0.15, 0.2) is 42.5 Å². The molecule has 4 fully saturated rings. The molecule has 0 amide bonds. The van der Waals surface area contributed by atoms with Gasteiger partial charge < -0.3 is 5.11 Å². The first-order chi connectivity index (χ1) is 18.7. The first-order valence-electron chi connectivity index (χ1n) is 16.0. The minimum atomic E-state index is -0.305. The second-order valence-electron chi connectivity index (χ2n) is 16.1. The number of nitrogens with zero attached hydrogens (tertiary/aromatic N) is 1. The van der Waals surface area contributed by atoms with Crippen molar-refractivity contribution < 1.29 is 10.0 Å². The summed E-state index contributed by atoms with van der Waals surface area (Å²) in [7, 11) is 0. The first kappa shape index (κ1) is 28.2. The van der Waals surface area contributed by atoms with Crippen molar-refractivity contribution in [2.24, 2.45) is 56.7 Å². The number of fused-ring (bicyclic) bond motifs is 7. The van der Waals surface area contributed by atoms with Crippen LogP contribution in [0.4, 0.5) is 5.69 Å². The Hall–Kier alpha value is -1.94. The molecule has 4 nitrogen and oxygen atoms in total. The predicted molar refractivity (Wildman–Crippen MR) is 163 cm³/mol. The standard InChI is InChI=1S/C36H51NO3/c1-23(2)26-14-19-36(22-38)21-20-34(6)28(31(26)36)12-13-30-33(5)17-15-27(24-8-10-25(11-9-24)37(39)40)32(3,4)29(33)16-18-35(30,34)7/h8-11,15,26,28-31,38H,1,12-14,16-22H2,2-7H3/t26-,28+,29-,30+,31+,33-,34+,35+,36+/m0/s1. The molecule has 0 saturated heterocycles. The van der Waals surface area contributed by atoms with E-state index < -0.39 is 0 Å². The van der Waals surface area contributed by atoms with E-state index in [-0.39, 0.29) is 32.3 Å². The highest BCUT2D eigenvalue weighted by Gasteiger charge is 2.70. The molecule has 5 aliphatic carbocycles. The number of hydrogen-bond donors (Lipinski definition) is 1. The van der Waals surface area contributed by atoms with Crippen LogP contribution in [0.25, 0.3) is 5.57 Å². The zero-order valence-corrected chi connectivity index (χ0v) is 25.8. The van der Waals surface area contributed by atoms with Gasteiger partial charge >= 0.3 is 0 Å². The number of nitro benzene ring substituents is 1. The molecule has 0 radical (unpaired) electrons. The van der Waals surface area contributed by atoms with Crippen molar-refractivity contribution in [1.29, 1.82) is 0 Å². The number of rotatable bonds is 4.